The Labute approximate surface area is 109 Å². The van der Waals surface area contributed by atoms with Gasteiger partial charge in [-0.1, -0.05) is 5.10 Å². The summed E-state index contributed by atoms with van der Waals surface area (Å²) in [5.74, 6) is 0.848. The minimum absolute atomic E-state index is 0.00187. The molecule has 19 heavy (non-hydrogen) atoms. The summed E-state index contributed by atoms with van der Waals surface area (Å²) in [5.41, 5.74) is 6.74. The molecule has 0 aliphatic carbocycles. The zero-order valence-corrected chi connectivity index (χ0v) is 10.5. The number of rotatable bonds is 1. The number of amides is 1. The van der Waals surface area contributed by atoms with Crippen LogP contribution < -0.4 is 15.4 Å². The number of aromatic nitrogens is 2. The van der Waals surface area contributed by atoms with Gasteiger partial charge in [-0.15, -0.1) is 5.10 Å². The van der Waals surface area contributed by atoms with Crippen LogP contribution in [0.15, 0.2) is 22.6 Å². The van der Waals surface area contributed by atoms with Gasteiger partial charge in [-0.25, -0.2) is 0 Å². The summed E-state index contributed by atoms with van der Waals surface area (Å²) in [6.45, 7) is 1.72. The number of anilines is 2. The van der Waals surface area contributed by atoms with E-state index in [1.807, 2.05) is 0 Å². The monoisotopic (exact) mass is 260 g/mol. The predicted molar refractivity (Wildman–Crippen MR) is 67.6 cm³/mol. The van der Waals surface area contributed by atoms with E-state index >= 15 is 0 Å². The number of carbonyl (C=O) groups is 1. The molecule has 2 N–H and O–H groups in total. The predicted octanol–water partition coefficient (Wildman–Crippen LogP) is 1.06. The number of benzene rings is 1. The lowest BCUT2D eigenvalue weighted by Gasteiger charge is -2.30. The van der Waals surface area contributed by atoms with Crippen molar-refractivity contribution in [3.8, 4) is 17.2 Å². The van der Waals surface area contributed by atoms with Gasteiger partial charge in [0.2, 0.25) is 5.89 Å². The fraction of sp³-hybridized carbons (Fsp3) is 0.250. The third-order valence-corrected chi connectivity index (χ3v) is 2.99. The summed E-state index contributed by atoms with van der Waals surface area (Å²) in [5, 5.41) is 7.41. The molecule has 7 heteroatoms. The van der Waals surface area contributed by atoms with E-state index in [9.17, 15) is 4.79 Å². The molecule has 0 spiro atoms. The summed E-state index contributed by atoms with van der Waals surface area (Å²) in [7, 11) is 1.70. The van der Waals surface area contributed by atoms with Crippen molar-refractivity contribution >= 4 is 17.6 Å². The maximum Gasteiger partial charge on any atom is 0.313 e. The lowest BCUT2D eigenvalue weighted by atomic mass is 10.1. The largest absolute Gasteiger partial charge is 0.479 e. The summed E-state index contributed by atoms with van der Waals surface area (Å²) in [6.07, 6.45) is -0.484. The molecule has 1 aliphatic rings. The molecule has 7 nitrogen and oxygen atoms in total. The Hall–Kier alpha value is -2.57. The Kier molecular flexibility index (Phi) is 2.41. The highest BCUT2D eigenvalue weighted by atomic mass is 16.5. The van der Waals surface area contributed by atoms with Crippen molar-refractivity contribution in [3.63, 3.8) is 0 Å². The molecule has 0 saturated heterocycles. The molecule has 1 amide bonds. The van der Waals surface area contributed by atoms with Crippen molar-refractivity contribution in [2.45, 2.75) is 13.0 Å². The van der Waals surface area contributed by atoms with Crippen molar-refractivity contribution in [2.24, 2.45) is 0 Å². The number of carbonyl (C=O) groups excluding carboxylic acids is 1. The van der Waals surface area contributed by atoms with E-state index in [4.69, 9.17) is 14.9 Å². The van der Waals surface area contributed by atoms with E-state index in [-0.39, 0.29) is 11.9 Å². The molecule has 0 fully saturated rings. The van der Waals surface area contributed by atoms with Crippen LogP contribution in [0, 0.1) is 0 Å². The molecule has 0 bridgehead atoms. The third-order valence-electron chi connectivity index (χ3n) is 2.99. The second kappa shape index (κ2) is 3.98. The second-order valence-electron chi connectivity index (χ2n) is 4.29. The first kappa shape index (κ1) is 11.5. The average molecular weight is 260 g/mol. The van der Waals surface area contributed by atoms with Gasteiger partial charge in [-0.2, -0.15) is 0 Å². The van der Waals surface area contributed by atoms with Gasteiger partial charge in [-0.3, -0.25) is 4.79 Å². The standard InChI is InChI=1S/C12H12N4O3/c1-6-11(17)16(2)8-5-7(3-4-9(8)18-6)10-14-15-12(13)19-10/h3-6H,1-2H3,(H2,13,15). The molecule has 1 aliphatic heterocycles. The van der Waals surface area contributed by atoms with Crippen LogP contribution in [-0.2, 0) is 4.79 Å². The highest BCUT2D eigenvalue weighted by molar-refractivity contribution is 5.99. The maximum absolute atomic E-state index is 11.9. The Bertz CT molecular complexity index is 652. The number of nitrogens with zero attached hydrogens (tertiary/aromatic N) is 3. The highest BCUT2D eigenvalue weighted by Gasteiger charge is 2.29. The topological polar surface area (TPSA) is 94.5 Å². The van der Waals surface area contributed by atoms with Crippen LogP contribution in [0.25, 0.3) is 11.5 Å². The van der Waals surface area contributed by atoms with Gasteiger partial charge in [0, 0.05) is 12.6 Å². The number of fused-ring (bicyclic) bond motifs is 1. The van der Waals surface area contributed by atoms with Crippen molar-refractivity contribution in [1.29, 1.82) is 0 Å². The summed E-state index contributed by atoms with van der Waals surface area (Å²) >= 11 is 0. The Morgan fingerprint density at radius 3 is 2.84 bits per heavy atom. The maximum atomic E-state index is 11.9. The van der Waals surface area contributed by atoms with Gasteiger partial charge in [0.15, 0.2) is 6.10 Å². The zero-order chi connectivity index (χ0) is 13.6. The molecule has 1 aromatic carbocycles. The highest BCUT2D eigenvalue weighted by Crippen LogP contribution is 2.36. The van der Waals surface area contributed by atoms with Crippen LogP contribution >= 0.6 is 0 Å². The van der Waals surface area contributed by atoms with Crippen LogP contribution in [0.1, 0.15) is 6.92 Å². The molecule has 0 radical (unpaired) electrons. The molecule has 0 saturated carbocycles. The Morgan fingerprint density at radius 2 is 2.16 bits per heavy atom. The molecule has 98 valence electrons. The van der Waals surface area contributed by atoms with E-state index in [0.717, 1.165) is 0 Å². The van der Waals surface area contributed by atoms with E-state index in [1.54, 1.807) is 37.1 Å². The van der Waals surface area contributed by atoms with Gasteiger partial charge in [0.1, 0.15) is 5.75 Å². The van der Waals surface area contributed by atoms with Crippen LogP contribution in [0.3, 0.4) is 0 Å². The summed E-state index contributed by atoms with van der Waals surface area (Å²) in [4.78, 5) is 13.4. The summed E-state index contributed by atoms with van der Waals surface area (Å²) in [6, 6.07) is 5.31. The van der Waals surface area contributed by atoms with E-state index < -0.39 is 6.10 Å². The average Bonchev–Trinajstić information content (AvgIpc) is 2.83. The molecule has 3 rings (SSSR count). The van der Waals surface area contributed by atoms with Gasteiger partial charge in [0.25, 0.3) is 5.91 Å². The fourth-order valence-corrected chi connectivity index (χ4v) is 2.00. The van der Waals surface area contributed by atoms with Crippen LogP contribution in [0.5, 0.6) is 5.75 Å². The SMILES string of the molecule is CC1Oc2ccc(-c3nnc(N)o3)cc2N(C)C1=O. The lowest BCUT2D eigenvalue weighted by molar-refractivity contribution is -0.125. The Morgan fingerprint density at radius 1 is 1.37 bits per heavy atom. The number of hydrogen-bond donors (Lipinski definition) is 1. The Balaban J connectivity index is 2.07. The van der Waals surface area contributed by atoms with Crippen molar-refractivity contribution < 1.29 is 13.9 Å². The van der Waals surface area contributed by atoms with Crippen LogP contribution in [0.4, 0.5) is 11.7 Å². The number of likely N-dealkylation sites (N-methyl/N-ethyl adjacent to an activating group) is 1. The van der Waals surface area contributed by atoms with Gasteiger partial charge in [0.05, 0.1) is 5.69 Å². The van der Waals surface area contributed by atoms with Crippen molar-refractivity contribution in [1.82, 2.24) is 10.2 Å². The lowest BCUT2D eigenvalue weighted by Crippen LogP contribution is -2.41. The van der Waals surface area contributed by atoms with Gasteiger partial charge in [-0.05, 0) is 25.1 Å². The minimum Gasteiger partial charge on any atom is -0.479 e. The van der Waals surface area contributed by atoms with E-state index in [1.165, 1.54) is 0 Å². The second-order valence-corrected chi connectivity index (χ2v) is 4.29. The molecular formula is C12H12N4O3. The third kappa shape index (κ3) is 1.79. The quantitative estimate of drug-likeness (QED) is 0.823. The van der Waals surface area contributed by atoms with Gasteiger partial charge >= 0.3 is 6.01 Å². The smallest absolute Gasteiger partial charge is 0.313 e. The van der Waals surface area contributed by atoms with Crippen LogP contribution in [-0.4, -0.2) is 29.3 Å². The fourth-order valence-electron chi connectivity index (χ4n) is 2.00. The van der Waals surface area contributed by atoms with E-state index in [0.29, 0.717) is 22.9 Å². The molecule has 1 atom stereocenters. The van der Waals surface area contributed by atoms with E-state index in [2.05, 4.69) is 10.2 Å². The first-order valence-corrected chi connectivity index (χ1v) is 5.74. The molecule has 2 aromatic rings. The molecule has 2 heterocycles. The van der Waals surface area contributed by atoms with Gasteiger partial charge < -0.3 is 19.8 Å². The summed E-state index contributed by atoms with van der Waals surface area (Å²) < 4.78 is 10.7. The van der Waals surface area contributed by atoms with Crippen molar-refractivity contribution in [3.05, 3.63) is 18.2 Å². The first-order chi connectivity index (χ1) is 9.06. The number of nitrogen functional groups attached to an aromatic ring is 1. The number of hydrogen-bond acceptors (Lipinski definition) is 6. The number of nitrogens with two attached hydrogens (primary N) is 1. The molecule has 1 aromatic heterocycles. The number of ether oxygens (including phenoxy) is 1. The van der Waals surface area contributed by atoms with Crippen LogP contribution in [0.2, 0.25) is 0 Å². The first-order valence-electron chi connectivity index (χ1n) is 5.74. The normalized spacial score (nSPS) is 18.1. The molecular weight excluding hydrogens is 248 g/mol. The molecule has 1 unspecified atom stereocenters. The minimum atomic E-state index is -0.484. The van der Waals surface area contributed by atoms with Crippen molar-refractivity contribution in [2.75, 3.05) is 17.7 Å². The zero-order valence-electron chi connectivity index (χ0n) is 10.5.